The number of halogens is 4. The number of thioether (sulfide) groups is 1. The molecule has 0 aliphatic heterocycles. The maximum atomic E-state index is 13.0. The molecule has 36 heavy (non-hydrogen) atoms. The van der Waals surface area contributed by atoms with Gasteiger partial charge in [-0.2, -0.15) is 13.2 Å². The van der Waals surface area contributed by atoms with E-state index in [0.717, 1.165) is 29.0 Å². The van der Waals surface area contributed by atoms with Crippen LogP contribution in [-0.2, 0) is 11.0 Å². The van der Waals surface area contributed by atoms with Gasteiger partial charge in [-0.1, -0.05) is 48.0 Å². The van der Waals surface area contributed by atoms with E-state index in [2.05, 4.69) is 10.6 Å². The third-order valence-electron chi connectivity index (χ3n) is 5.34. The first-order chi connectivity index (χ1) is 17.1. The molecule has 0 saturated heterocycles. The average Bonchev–Trinajstić information content (AvgIpc) is 2.84. The fourth-order valence-corrected chi connectivity index (χ4v) is 4.56. The maximum absolute atomic E-state index is 13.0. The minimum absolute atomic E-state index is 0.00644. The largest absolute Gasteiger partial charge is 0.416 e. The van der Waals surface area contributed by atoms with Crippen LogP contribution in [-0.4, -0.2) is 17.1 Å². The number of carbonyl (C=O) groups is 2. The number of hydrogen-bond donors (Lipinski definition) is 2. The van der Waals surface area contributed by atoms with Crippen LogP contribution in [0.2, 0.25) is 5.02 Å². The van der Waals surface area contributed by atoms with E-state index in [9.17, 15) is 22.8 Å². The smallest absolute Gasteiger partial charge is 0.324 e. The Balaban J connectivity index is 1.42. The van der Waals surface area contributed by atoms with Gasteiger partial charge in [-0.15, -0.1) is 11.8 Å². The van der Waals surface area contributed by atoms with Crippen molar-refractivity contribution in [1.82, 2.24) is 0 Å². The molecule has 1 unspecified atom stereocenters. The summed E-state index contributed by atoms with van der Waals surface area (Å²) in [6, 6.07) is 22.9. The quantitative estimate of drug-likeness (QED) is 0.250. The standard InChI is InChI=1S/C27H20ClF3N2O2S/c1-16(25(34)33-24-14-20(27(29,30)31)11-12-23(24)28)36-22-8-4-7-21(15-22)32-26(35)19-10-9-17-5-2-3-6-18(17)13-19/h2-16H,1H3,(H,32,35)(H,33,34). The number of amides is 2. The van der Waals surface area contributed by atoms with E-state index in [1.165, 1.54) is 11.8 Å². The molecule has 4 aromatic rings. The molecular weight excluding hydrogens is 509 g/mol. The fraction of sp³-hybridized carbons (Fsp3) is 0.111. The molecule has 0 aliphatic carbocycles. The van der Waals surface area contributed by atoms with Crippen molar-refractivity contribution in [2.75, 3.05) is 10.6 Å². The fourth-order valence-electron chi connectivity index (χ4n) is 3.47. The summed E-state index contributed by atoms with van der Waals surface area (Å²) in [7, 11) is 0. The second-order valence-electron chi connectivity index (χ2n) is 7.99. The zero-order chi connectivity index (χ0) is 25.9. The van der Waals surface area contributed by atoms with Gasteiger partial charge in [-0.3, -0.25) is 9.59 Å². The molecule has 4 aromatic carbocycles. The second-order valence-corrected chi connectivity index (χ2v) is 9.81. The number of hydrogen-bond acceptors (Lipinski definition) is 3. The van der Waals surface area contributed by atoms with Crippen LogP contribution in [0.25, 0.3) is 10.8 Å². The highest BCUT2D eigenvalue weighted by atomic mass is 35.5. The summed E-state index contributed by atoms with van der Waals surface area (Å²) in [4.78, 5) is 26.1. The molecular formula is C27H20ClF3N2O2S. The van der Waals surface area contributed by atoms with Crippen molar-refractivity contribution in [1.29, 1.82) is 0 Å². The van der Waals surface area contributed by atoms with Gasteiger partial charge in [0.25, 0.3) is 5.91 Å². The topological polar surface area (TPSA) is 58.2 Å². The Labute approximate surface area is 214 Å². The van der Waals surface area contributed by atoms with Gasteiger partial charge in [0.15, 0.2) is 0 Å². The highest BCUT2D eigenvalue weighted by molar-refractivity contribution is 8.00. The monoisotopic (exact) mass is 528 g/mol. The summed E-state index contributed by atoms with van der Waals surface area (Å²) in [6.45, 7) is 1.63. The third kappa shape index (κ3) is 6.19. The summed E-state index contributed by atoms with van der Waals surface area (Å²) < 4.78 is 39.0. The van der Waals surface area contributed by atoms with E-state index in [-0.39, 0.29) is 16.6 Å². The zero-order valence-corrected chi connectivity index (χ0v) is 20.5. The summed E-state index contributed by atoms with van der Waals surface area (Å²) >= 11 is 7.17. The van der Waals surface area contributed by atoms with E-state index in [4.69, 9.17) is 11.6 Å². The first kappa shape index (κ1) is 25.6. The van der Waals surface area contributed by atoms with Crippen molar-refractivity contribution >= 4 is 57.3 Å². The first-order valence-electron chi connectivity index (χ1n) is 10.8. The minimum Gasteiger partial charge on any atom is -0.324 e. The summed E-state index contributed by atoms with van der Waals surface area (Å²) in [6.07, 6.45) is -4.55. The molecule has 4 nitrogen and oxygen atoms in total. The molecule has 0 heterocycles. The van der Waals surface area contributed by atoms with Crippen LogP contribution in [0.15, 0.2) is 89.8 Å². The Morgan fingerprint density at radius 3 is 2.36 bits per heavy atom. The number of benzene rings is 4. The van der Waals surface area contributed by atoms with Gasteiger partial charge in [0.05, 0.1) is 21.5 Å². The van der Waals surface area contributed by atoms with Crippen molar-refractivity contribution in [3.05, 3.63) is 101 Å². The van der Waals surface area contributed by atoms with Crippen LogP contribution in [0.5, 0.6) is 0 Å². The number of rotatable bonds is 6. The van der Waals surface area contributed by atoms with E-state index in [1.807, 2.05) is 36.4 Å². The highest BCUT2D eigenvalue weighted by Gasteiger charge is 2.31. The van der Waals surface area contributed by atoms with Crippen molar-refractivity contribution in [2.45, 2.75) is 23.2 Å². The lowest BCUT2D eigenvalue weighted by Gasteiger charge is -2.15. The molecule has 0 spiro atoms. The number of alkyl halides is 3. The zero-order valence-electron chi connectivity index (χ0n) is 18.9. The molecule has 2 amide bonds. The molecule has 0 aliphatic rings. The number of nitrogens with one attached hydrogen (secondary N) is 2. The van der Waals surface area contributed by atoms with Gasteiger partial charge >= 0.3 is 6.18 Å². The van der Waals surface area contributed by atoms with Crippen molar-refractivity contribution in [3.63, 3.8) is 0 Å². The lowest BCUT2D eigenvalue weighted by molar-refractivity contribution is -0.137. The summed E-state index contributed by atoms with van der Waals surface area (Å²) in [5, 5.41) is 6.66. The Morgan fingerprint density at radius 1 is 0.861 bits per heavy atom. The van der Waals surface area contributed by atoms with Gasteiger partial charge in [-0.05, 0) is 66.2 Å². The predicted molar refractivity (Wildman–Crippen MR) is 139 cm³/mol. The minimum atomic E-state index is -4.55. The Hall–Kier alpha value is -3.49. The Kier molecular flexibility index (Phi) is 7.56. The van der Waals surface area contributed by atoms with Crippen molar-refractivity contribution in [2.24, 2.45) is 0 Å². The van der Waals surface area contributed by atoms with Gasteiger partial charge in [-0.25, -0.2) is 0 Å². The average molecular weight is 529 g/mol. The molecule has 0 saturated carbocycles. The molecule has 9 heteroatoms. The van der Waals surface area contributed by atoms with Crippen molar-refractivity contribution < 1.29 is 22.8 Å². The molecule has 1 atom stereocenters. The SMILES string of the molecule is CC(Sc1cccc(NC(=O)c2ccc3ccccc3c2)c1)C(=O)Nc1cc(C(F)(F)F)ccc1Cl. The lowest BCUT2D eigenvalue weighted by Crippen LogP contribution is -2.23. The summed E-state index contributed by atoms with van der Waals surface area (Å²) in [5.41, 5.74) is 0.0434. The van der Waals surface area contributed by atoms with Crippen LogP contribution in [0.3, 0.4) is 0 Å². The molecule has 4 rings (SSSR count). The Morgan fingerprint density at radius 2 is 1.61 bits per heavy atom. The van der Waals surface area contributed by atoms with E-state index in [0.29, 0.717) is 16.1 Å². The number of anilines is 2. The first-order valence-corrected chi connectivity index (χ1v) is 12.1. The van der Waals surface area contributed by atoms with Crippen LogP contribution in [0.1, 0.15) is 22.8 Å². The maximum Gasteiger partial charge on any atom is 0.416 e. The van der Waals surface area contributed by atoms with Gasteiger partial charge in [0.1, 0.15) is 0 Å². The summed E-state index contributed by atoms with van der Waals surface area (Å²) in [5.74, 6) is -0.778. The molecule has 0 radical (unpaired) electrons. The van der Waals surface area contributed by atoms with Gasteiger partial charge in [0, 0.05) is 16.1 Å². The lowest BCUT2D eigenvalue weighted by atomic mass is 10.1. The van der Waals surface area contributed by atoms with Crippen LogP contribution >= 0.6 is 23.4 Å². The highest BCUT2D eigenvalue weighted by Crippen LogP contribution is 2.34. The molecule has 0 fully saturated rings. The third-order valence-corrected chi connectivity index (χ3v) is 6.76. The van der Waals surface area contributed by atoms with Crippen LogP contribution < -0.4 is 10.6 Å². The second kappa shape index (κ2) is 10.6. The van der Waals surface area contributed by atoms with Crippen LogP contribution in [0.4, 0.5) is 24.5 Å². The van der Waals surface area contributed by atoms with Crippen LogP contribution in [0, 0.1) is 0 Å². The van der Waals surface area contributed by atoms with E-state index in [1.54, 1.807) is 37.3 Å². The number of fused-ring (bicyclic) bond motifs is 1. The Bertz CT molecular complexity index is 1440. The molecule has 0 bridgehead atoms. The van der Waals surface area contributed by atoms with E-state index >= 15 is 0 Å². The van der Waals surface area contributed by atoms with Gasteiger partial charge in [0.2, 0.25) is 5.91 Å². The van der Waals surface area contributed by atoms with E-state index < -0.39 is 22.9 Å². The normalized spacial score (nSPS) is 12.2. The molecule has 184 valence electrons. The van der Waals surface area contributed by atoms with Crippen molar-refractivity contribution in [3.8, 4) is 0 Å². The molecule has 2 N–H and O–H groups in total. The molecule has 0 aromatic heterocycles. The van der Waals surface area contributed by atoms with Gasteiger partial charge < -0.3 is 10.6 Å². The predicted octanol–water partition coefficient (Wildman–Crippen LogP) is 7.88. The number of carbonyl (C=O) groups excluding carboxylic acids is 2.